The van der Waals surface area contributed by atoms with Crippen LogP contribution in [0.5, 0.6) is 5.75 Å². The lowest BCUT2D eigenvalue weighted by molar-refractivity contribution is -0.305. The molecule has 2 aromatic rings. The molecule has 0 saturated carbocycles. The molecule has 2 aromatic carbocycles. The molecular weight excluding hydrogens is 432 g/mol. The molecule has 0 amide bonds. The van der Waals surface area contributed by atoms with Gasteiger partial charge in [0.25, 0.3) is 6.47 Å². The summed E-state index contributed by atoms with van der Waals surface area (Å²) in [5.74, 6) is -3.06. The molecule has 1 atom stereocenters. The molecule has 0 radical (unpaired) electrons. The smallest absolute Gasteiger partial charge is 0.351 e. The number of aryl methyl sites for hydroxylation is 1. The van der Waals surface area contributed by atoms with E-state index in [4.69, 9.17) is 4.74 Å². The third-order valence-electron chi connectivity index (χ3n) is 4.94. The molecule has 28 heavy (non-hydrogen) atoms. The third-order valence-corrected chi connectivity index (χ3v) is 5.81. The standard InChI is InChI=1S/C20H15BrO7/c21-16-4-2-10-5-14-12-3-1-11(17(23)8-27-9-22)6-15(12)20(25,26)28-18(14)7-13(10)19(16)24/h1,3,5-7,9,16,25-26H,2,4,8H2. The first-order valence-electron chi connectivity index (χ1n) is 8.54. The van der Waals surface area contributed by atoms with Crippen LogP contribution in [0.1, 0.15) is 38.3 Å². The number of Topliss-reactive ketones (excluding diaryl/α,β-unsaturated/α-hetero) is 2. The monoisotopic (exact) mass is 446 g/mol. The molecule has 2 aliphatic rings. The average Bonchev–Trinajstić information content (AvgIpc) is 2.68. The van der Waals surface area contributed by atoms with Crippen LogP contribution in [-0.2, 0) is 21.9 Å². The number of halogens is 1. The van der Waals surface area contributed by atoms with Crippen molar-refractivity contribution in [3.05, 3.63) is 52.6 Å². The molecular formula is C20H15BrO7. The van der Waals surface area contributed by atoms with E-state index in [0.717, 1.165) is 5.56 Å². The molecule has 1 aliphatic heterocycles. The highest BCUT2D eigenvalue weighted by molar-refractivity contribution is 9.10. The Morgan fingerprint density at radius 1 is 1.25 bits per heavy atom. The minimum absolute atomic E-state index is 0.00240. The van der Waals surface area contributed by atoms with Crippen LogP contribution in [0.3, 0.4) is 0 Å². The zero-order chi connectivity index (χ0) is 20.1. The minimum atomic E-state index is -2.68. The van der Waals surface area contributed by atoms with Crippen molar-refractivity contribution < 1.29 is 34.1 Å². The van der Waals surface area contributed by atoms with Crippen LogP contribution in [0, 0.1) is 0 Å². The molecule has 0 spiro atoms. The van der Waals surface area contributed by atoms with Crippen LogP contribution in [0.4, 0.5) is 0 Å². The Morgan fingerprint density at radius 3 is 2.79 bits per heavy atom. The predicted molar refractivity (Wildman–Crippen MR) is 100 cm³/mol. The van der Waals surface area contributed by atoms with Crippen molar-refractivity contribution in [2.45, 2.75) is 23.6 Å². The maximum absolute atomic E-state index is 12.4. The number of benzene rings is 2. The Hall–Kier alpha value is -2.55. The zero-order valence-corrected chi connectivity index (χ0v) is 16.1. The Morgan fingerprint density at radius 2 is 2.04 bits per heavy atom. The van der Waals surface area contributed by atoms with Crippen molar-refractivity contribution in [2.75, 3.05) is 6.61 Å². The molecule has 1 heterocycles. The highest BCUT2D eigenvalue weighted by atomic mass is 79.9. The summed E-state index contributed by atoms with van der Waals surface area (Å²) in [6.45, 7) is -0.285. The molecule has 144 valence electrons. The number of carbonyl (C=O) groups is 3. The van der Waals surface area contributed by atoms with Crippen LogP contribution < -0.4 is 4.74 Å². The first-order chi connectivity index (χ1) is 13.3. The topological polar surface area (TPSA) is 110 Å². The van der Waals surface area contributed by atoms with E-state index >= 15 is 0 Å². The number of rotatable bonds is 4. The van der Waals surface area contributed by atoms with E-state index in [1.165, 1.54) is 18.2 Å². The SMILES string of the molecule is O=COCC(=O)c1ccc2c(c1)C(O)(O)Oc1cc3c(cc1-2)CCC(Br)C3=O. The number of ether oxygens (including phenoxy) is 2. The Bertz CT molecular complexity index is 1010. The van der Waals surface area contributed by atoms with Gasteiger partial charge in [-0.05, 0) is 42.2 Å². The molecule has 0 fully saturated rings. The van der Waals surface area contributed by atoms with Gasteiger partial charge in [-0.3, -0.25) is 14.4 Å². The van der Waals surface area contributed by atoms with Crippen molar-refractivity contribution >= 4 is 34.0 Å². The van der Waals surface area contributed by atoms with Gasteiger partial charge in [-0.2, -0.15) is 0 Å². The molecule has 7 nitrogen and oxygen atoms in total. The first-order valence-corrected chi connectivity index (χ1v) is 9.45. The predicted octanol–water partition coefficient (Wildman–Crippen LogP) is 2.09. The van der Waals surface area contributed by atoms with Crippen LogP contribution in [-0.4, -0.2) is 39.7 Å². The number of ketones is 2. The van der Waals surface area contributed by atoms with Gasteiger partial charge in [0.15, 0.2) is 18.2 Å². The zero-order valence-electron chi connectivity index (χ0n) is 14.5. The highest BCUT2D eigenvalue weighted by Gasteiger charge is 2.39. The van der Waals surface area contributed by atoms with Gasteiger partial charge in [-0.15, -0.1) is 0 Å². The quantitative estimate of drug-likeness (QED) is 0.320. The normalized spacial score (nSPS) is 19.0. The van der Waals surface area contributed by atoms with E-state index in [2.05, 4.69) is 20.7 Å². The highest BCUT2D eigenvalue weighted by Crippen LogP contribution is 2.46. The molecule has 1 aliphatic carbocycles. The van der Waals surface area contributed by atoms with Crippen molar-refractivity contribution in [1.82, 2.24) is 0 Å². The van der Waals surface area contributed by atoms with Crippen LogP contribution in [0.25, 0.3) is 11.1 Å². The van der Waals surface area contributed by atoms with Gasteiger partial charge in [0, 0.05) is 16.7 Å². The maximum atomic E-state index is 12.4. The van der Waals surface area contributed by atoms with Gasteiger partial charge in [0.05, 0.1) is 10.4 Å². The lowest BCUT2D eigenvalue weighted by Gasteiger charge is -2.33. The molecule has 4 rings (SSSR count). The summed E-state index contributed by atoms with van der Waals surface area (Å²) >= 11 is 3.35. The second-order valence-corrected chi connectivity index (χ2v) is 7.78. The molecule has 8 heteroatoms. The van der Waals surface area contributed by atoms with E-state index in [1.807, 2.05) is 6.07 Å². The van der Waals surface area contributed by atoms with Crippen LogP contribution in [0.2, 0.25) is 0 Å². The number of hydrogen-bond acceptors (Lipinski definition) is 7. The van der Waals surface area contributed by atoms with Crippen LogP contribution in [0.15, 0.2) is 30.3 Å². The summed E-state index contributed by atoms with van der Waals surface area (Å²) < 4.78 is 9.82. The Labute approximate surface area is 168 Å². The summed E-state index contributed by atoms with van der Waals surface area (Å²) in [7, 11) is 0. The van der Waals surface area contributed by atoms with E-state index < -0.39 is 18.4 Å². The van der Waals surface area contributed by atoms with Gasteiger partial charge in [0.2, 0.25) is 0 Å². The number of alkyl halides is 1. The molecule has 0 saturated heterocycles. The molecule has 0 bridgehead atoms. The second-order valence-electron chi connectivity index (χ2n) is 6.68. The Kier molecular flexibility index (Phi) is 4.57. The lowest BCUT2D eigenvalue weighted by Crippen LogP contribution is -2.36. The minimum Gasteiger partial charge on any atom is -0.459 e. The number of aliphatic hydroxyl groups is 2. The van der Waals surface area contributed by atoms with E-state index in [0.29, 0.717) is 29.5 Å². The average molecular weight is 447 g/mol. The number of carbonyl (C=O) groups excluding carboxylic acids is 3. The fraction of sp³-hybridized carbons (Fsp3) is 0.250. The second kappa shape index (κ2) is 6.80. The first kappa shape index (κ1) is 18.8. The van der Waals surface area contributed by atoms with Gasteiger partial charge in [-0.25, -0.2) is 0 Å². The Balaban J connectivity index is 1.82. The summed E-state index contributed by atoms with van der Waals surface area (Å²) in [5, 5.41) is 20.8. The molecule has 1 unspecified atom stereocenters. The van der Waals surface area contributed by atoms with Gasteiger partial charge < -0.3 is 19.7 Å². The van der Waals surface area contributed by atoms with E-state index in [-0.39, 0.29) is 34.0 Å². The van der Waals surface area contributed by atoms with Crippen molar-refractivity contribution in [3.63, 3.8) is 0 Å². The van der Waals surface area contributed by atoms with Crippen molar-refractivity contribution in [1.29, 1.82) is 0 Å². The largest absolute Gasteiger partial charge is 0.459 e. The van der Waals surface area contributed by atoms with Crippen LogP contribution >= 0.6 is 15.9 Å². The van der Waals surface area contributed by atoms with Gasteiger partial charge in [-0.1, -0.05) is 28.1 Å². The summed E-state index contributed by atoms with van der Waals surface area (Å²) in [4.78, 5) is 34.5. The van der Waals surface area contributed by atoms with Gasteiger partial charge >= 0.3 is 5.97 Å². The molecule has 0 aromatic heterocycles. The lowest BCUT2D eigenvalue weighted by atomic mass is 9.85. The van der Waals surface area contributed by atoms with E-state index in [1.54, 1.807) is 6.07 Å². The third kappa shape index (κ3) is 3.03. The number of fused-ring (bicyclic) bond motifs is 4. The fourth-order valence-electron chi connectivity index (χ4n) is 3.56. The number of hydrogen-bond donors (Lipinski definition) is 2. The maximum Gasteiger partial charge on any atom is 0.351 e. The summed E-state index contributed by atoms with van der Waals surface area (Å²) in [6, 6.07) is 7.73. The van der Waals surface area contributed by atoms with Crippen molar-refractivity contribution in [2.24, 2.45) is 0 Å². The molecule has 2 N–H and O–H groups in total. The summed E-state index contributed by atoms with van der Waals surface area (Å²) in [6.07, 6.45) is 1.37. The summed E-state index contributed by atoms with van der Waals surface area (Å²) in [5.41, 5.74) is 2.58. The van der Waals surface area contributed by atoms with Gasteiger partial charge in [0.1, 0.15) is 5.75 Å². The fourth-order valence-corrected chi connectivity index (χ4v) is 4.04. The van der Waals surface area contributed by atoms with E-state index in [9.17, 15) is 24.6 Å². The van der Waals surface area contributed by atoms with Crippen molar-refractivity contribution in [3.8, 4) is 16.9 Å².